The molecular formula is C78H151NO10. The Bertz CT molecular complexity index is 1500. The van der Waals surface area contributed by atoms with Crippen molar-refractivity contribution in [2.45, 2.75) is 461 Å². The Morgan fingerprint density at radius 2 is 0.730 bits per heavy atom. The summed E-state index contributed by atoms with van der Waals surface area (Å²) in [5.74, 6) is -1.17. The number of rotatable bonds is 70. The highest BCUT2D eigenvalue weighted by Gasteiger charge is 2.47. The molecule has 8 unspecified atom stereocenters. The molecule has 0 bridgehead atoms. The van der Waals surface area contributed by atoms with Crippen LogP contribution in [0.15, 0.2) is 12.2 Å². The van der Waals surface area contributed by atoms with Gasteiger partial charge in [0.2, 0.25) is 5.91 Å². The summed E-state index contributed by atoms with van der Waals surface area (Å²) in [7, 11) is 0. The molecule has 0 aromatic carbocycles. The third kappa shape index (κ3) is 53.4. The zero-order valence-electron chi connectivity index (χ0n) is 59.1. The summed E-state index contributed by atoms with van der Waals surface area (Å²) >= 11 is 0. The number of esters is 1. The average molecular weight is 1260 g/mol. The Labute approximate surface area is 550 Å². The van der Waals surface area contributed by atoms with Gasteiger partial charge in [-0.15, -0.1) is 0 Å². The number of hydrogen-bond acceptors (Lipinski definition) is 10. The van der Waals surface area contributed by atoms with E-state index in [1.807, 2.05) is 6.08 Å². The van der Waals surface area contributed by atoms with Gasteiger partial charge in [-0.3, -0.25) is 9.59 Å². The van der Waals surface area contributed by atoms with Gasteiger partial charge < -0.3 is 45.1 Å². The predicted octanol–water partition coefficient (Wildman–Crippen LogP) is 21.0. The van der Waals surface area contributed by atoms with Crippen LogP contribution in [0.4, 0.5) is 0 Å². The Kier molecular flexibility index (Phi) is 63.7. The number of ether oxygens (including phenoxy) is 3. The van der Waals surface area contributed by atoms with E-state index in [9.17, 15) is 35.1 Å². The van der Waals surface area contributed by atoms with Crippen molar-refractivity contribution in [3.8, 4) is 0 Å². The van der Waals surface area contributed by atoms with Crippen LogP contribution in [0.2, 0.25) is 0 Å². The third-order valence-electron chi connectivity index (χ3n) is 19.2. The molecule has 11 nitrogen and oxygen atoms in total. The van der Waals surface area contributed by atoms with Crippen LogP contribution < -0.4 is 5.32 Å². The lowest BCUT2D eigenvalue weighted by Gasteiger charge is -2.41. The summed E-state index contributed by atoms with van der Waals surface area (Å²) in [4.78, 5) is 26.7. The monoisotopic (exact) mass is 1260 g/mol. The second kappa shape index (κ2) is 66.4. The number of allylic oxidation sites excluding steroid dienone is 1. The molecule has 0 aromatic rings. The Balaban J connectivity index is 2.46. The number of aliphatic hydroxyl groups excluding tert-OH is 5. The number of unbranched alkanes of at least 4 members (excludes halogenated alkanes) is 56. The van der Waals surface area contributed by atoms with Gasteiger partial charge in [0.25, 0.3) is 0 Å². The van der Waals surface area contributed by atoms with E-state index >= 15 is 0 Å². The van der Waals surface area contributed by atoms with Crippen LogP contribution in [0.1, 0.15) is 412 Å². The Hall–Kier alpha value is -1.60. The highest BCUT2D eigenvalue weighted by molar-refractivity contribution is 5.80. The van der Waals surface area contributed by atoms with E-state index in [0.717, 1.165) is 57.8 Å². The van der Waals surface area contributed by atoms with Gasteiger partial charge in [-0.25, -0.2) is 0 Å². The molecule has 0 aromatic heterocycles. The summed E-state index contributed by atoms with van der Waals surface area (Å²) in [5.41, 5.74) is 0. The minimum absolute atomic E-state index is 0.132. The highest BCUT2D eigenvalue weighted by atomic mass is 16.7. The maximum Gasteiger partial charge on any atom is 0.306 e. The molecular weight excluding hydrogens is 1110 g/mol. The summed E-state index contributed by atoms with van der Waals surface area (Å²) in [6.07, 6.45) is 70.0. The molecule has 8 atom stereocenters. The van der Waals surface area contributed by atoms with E-state index in [1.54, 1.807) is 6.08 Å². The van der Waals surface area contributed by atoms with Crippen molar-refractivity contribution in [2.75, 3.05) is 13.2 Å². The van der Waals surface area contributed by atoms with Crippen LogP contribution >= 0.6 is 0 Å². The highest BCUT2D eigenvalue weighted by Crippen LogP contribution is 2.27. The largest absolute Gasteiger partial charge is 0.454 e. The van der Waals surface area contributed by atoms with Crippen molar-refractivity contribution in [3.63, 3.8) is 0 Å². The Morgan fingerprint density at radius 3 is 1.06 bits per heavy atom. The van der Waals surface area contributed by atoms with Gasteiger partial charge in [-0.05, 0) is 25.7 Å². The van der Waals surface area contributed by atoms with E-state index in [0.29, 0.717) is 19.3 Å². The maximum atomic E-state index is 13.5. The SMILES string of the molecule is CCCCCCCCCCC/C=C/C(O)C(COC1OC(CO)C(O)C(O)C1OC(=O)CCCCCCCCCCCCCCCCCCCCCCCCC)NC(=O)C(O)CCCCCCCCCCCCCCCCCCCCCCCCCCCC. The van der Waals surface area contributed by atoms with Crippen LogP contribution in [0.5, 0.6) is 0 Å². The summed E-state index contributed by atoms with van der Waals surface area (Å²) in [6.45, 7) is 5.87. The van der Waals surface area contributed by atoms with Gasteiger partial charge in [0.05, 0.1) is 25.4 Å². The molecule has 0 radical (unpaired) electrons. The maximum absolute atomic E-state index is 13.5. The fourth-order valence-corrected chi connectivity index (χ4v) is 13.0. The molecule has 6 N–H and O–H groups in total. The summed E-state index contributed by atoms with van der Waals surface area (Å²) in [6, 6.07) is -1.02. The topological polar surface area (TPSA) is 175 Å². The van der Waals surface area contributed by atoms with Crippen LogP contribution in [0.3, 0.4) is 0 Å². The standard InChI is InChI=1S/C78H151NO10/c1-4-7-10-13-16-19-22-24-26-28-30-32-34-35-36-38-39-41-43-45-47-50-53-56-59-62-65-71(82)77(86)79-69(70(81)64-61-58-55-52-49-21-18-15-12-9-6-3)68-87-78-76(75(85)74(84)72(67-80)88-78)89-73(83)66-63-60-57-54-51-48-46-44-42-40-37-33-31-29-27-25-23-20-17-14-11-8-5-2/h61,64,69-72,74-76,78,80-82,84-85H,4-60,62-63,65-68H2,1-3H3,(H,79,86)/b64-61+. The molecule has 1 saturated heterocycles. The van der Waals surface area contributed by atoms with Gasteiger partial charge in [0.1, 0.15) is 24.4 Å². The van der Waals surface area contributed by atoms with Crippen LogP contribution in [-0.4, -0.2) is 99.6 Å². The molecule has 0 saturated carbocycles. The van der Waals surface area contributed by atoms with E-state index in [2.05, 4.69) is 26.1 Å². The zero-order chi connectivity index (χ0) is 64.6. The lowest BCUT2D eigenvalue weighted by atomic mass is 9.99. The van der Waals surface area contributed by atoms with Gasteiger partial charge in [-0.1, -0.05) is 392 Å². The molecule has 1 amide bonds. The number of hydrogen-bond donors (Lipinski definition) is 6. The van der Waals surface area contributed by atoms with Crippen molar-refractivity contribution >= 4 is 11.9 Å². The molecule has 1 aliphatic rings. The third-order valence-corrected chi connectivity index (χ3v) is 19.2. The second-order valence-electron chi connectivity index (χ2n) is 27.8. The van der Waals surface area contributed by atoms with Crippen molar-refractivity contribution < 1.29 is 49.3 Å². The zero-order valence-corrected chi connectivity index (χ0v) is 59.1. The van der Waals surface area contributed by atoms with E-state index < -0.39 is 67.4 Å². The summed E-state index contributed by atoms with van der Waals surface area (Å²) < 4.78 is 17.7. The van der Waals surface area contributed by atoms with Crippen LogP contribution in [-0.2, 0) is 23.8 Å². The minimum Gasteiger partial charge on any atom is -0.454 e. The lowest BCUT2D eigenvalue weighted by molar-refractivity contribution is -0.305. The second-order valence-corrected chi connectivity index (χ2v) is 27.8. The van der Waals surface area contributed by atoms with Crippen molar-refractivity contribution in [2.24, 2.45) is 0 Å². The van der Waals surface area contributed by atoms with Crippen molar-refractivity contribution in [3.05, 3.63) is 12.2 Å². The molecule has 1 heterocycles. The molecule has 89 heavy (non-hydrogen) atoms. The summed E-state index contributed by atoms with van der Waals surface area (Å²) in [5, 5.41) is 57.4. The first-order valence-electron chi connectivity index (χ1n) is 39.5. The molecule has 11 heteroatoms. The molecule has 0 spiro atoms. The predicted molar refractivity (Wildman–Crippen MR) is 375 cm³/mol. The molecule has 0 aliphatic carbocycles. The first-order chi connectivity index (χ1) is 43.7. The number of carbonyl (C=O) groups excluding carboxylic acids is 2. The van der Waals surface area contributed by atoms with E-state index in [4.69, 9.17) is 14.2 Å². The molecule has 1 fully saturated rings. The van der Waals surface area contributed by atoms with Gasteiger partial charge in [-0.2, -0.15) is 0 Å². The minimum atomic E-state index is -1.61. The van der Waals surface area contributed by atoms with E-state index in [-0.39, 0.29) is 13.0 Å². The Morgan fingerprint density at radius 1 is 0.427 bits per heavy atom. The molecule has 1 rings (SSSR count). The normalized spacial score (nSPS) is 18.0. The fourth-order valence-electron chi connectivity index (χ4n) is 13.0. The van der Waals surface area contributed by atoms with Crippen molar-refractivity contribution in [1.82, 2.24) is 5.32 Å². The first-order valence-corrected chi connectivity index (χ1v) is 39.5. The quantitative estimate of drug-likeness (QED) is 0.0195. The van der Waals surface area contributed by atoms with Crippen LogP contribution in [0, 0.1) is 0 Å². The number of nitrogens with one attached hydrogen (secondary N) is 1. The van der Waals surface area contributed by atoms with Crippen LogP contribution in [0.25, 0.3) is 0 Å². The average Bonchev–Trinajstić information content (AvgIpc) is 1.95. The van der Waals surface area contributed by atoms with Crippen molar-refractivity contribution in [1.29, 1.82) is 0 Å². The number of aliphatic hydroxyl groups is 5. The first kappa shape index (κ1) is 85.4. The van der Waals surface area contributed by atoms with E-state index in [1.165, 1.54) is 308 Å². The van der Waals surface area contributed by atoms with Gasteiger partial charge in [0.15, 0.2) is 12.4 Å². The number of amides is 1. The number of carbonyl (C=O) groups is 2. The molecule has 1 aliphatic heterocycles. The molecule has 528 valence electrons. The fraction of sp³-hybridized carbons (Fsp3) is 0.949. The van der Waals surface area contributed by atoms with Gasteiger partial charge in [0, 0.05) is 6.42 Å². The lowest BCUT2D eigenvalue weighted by Crippen LogP contribution is -2.61. The smallest absolute Gasteiger partial charge is 0.306 e. The van der Waals surface area contributed by atoms with Gasteiger partial charge >= 0.3 is 5.97 Å².